The molecule has 2 aromatic heterocycles. The second-order valence-corrected chi connectivity index (χ2v) is 9.22. The third-order valence-corrected chi connectivity index (χ3v) is 7.08. The molecular formula is C20H33Cl2N5OS. The number of rotatable bonds is 7. The molecule has 2 aromatic rings. The van der Waals surface area contributed by atoms with Gasteiger partial charge in [0.05, 0.1) is 5.39 Å². The van der Waals surface area contributed by atoms with Crippen LogP contribution in [0.5, 0.6) is 0 Å². The second-order valence-electron chi connectivity index (χ2n) is 8.02. The summed E-state index contributed by atoms with van der Waals surface area (Å²) >= 11 is 1.76. The summed E-state index contributed by atoms with van der Waals surface area (Å²) < 4.78 is 0. The molecule has 1 atom stereocenters. The zero-order valence-electron chi connectivity index (χ0n) is 17.3. The van der Waals surface area contributed by atoms with Gasteiger partial charge in [-0.1, -0.05) is 0 Å². The van der Waals surface area contributed by atoms with Crippen LogP contribution in [0.3, 0.4) is 0 Å². The summed E-state index contributed by atoms with van der Waals surface area (Å²) in [5, 5.41) is 10.8. The Kier molecular flexibility index (Phi) is 8.94. The average molecular weight is 462 g/mol. The molecule has 6 nitrogen and oxygen atoms in total. The number of nitrogens with two attached hydrogens (primary N) is 1. The normalized spacial score (nSPS) is 19.9. The van der Waals surface area contributed by atoms with Crippen LogP contribution in [0.25, 0.3) is 10.2 Å². The van der Waals surface area contributed by atoms with Crippen LogP contribution in [0.2, 0.25) is 0 Å². The molecule has 1 unspecified atom stereocenters. The molecule has 0 spiro atoms. The van der Waals surface area contributed by atoms with E-state index in [1.165, 1.54) is 35.2 Å². The number of thiophene rings is 1. The van der Waals surface area contributed by atoms with Gasteiger partial charge in [-0.2, -0.15) is 0 Å². The number of aryl methyl sites for hydroxylation is 2. The van der Waals surface area contributed by atoms with E-state index in [0.29, 0.717) is 19.0 Å². The molecule has 3 heterocycles. The van der Waals surface area contributed by atoms with Gasteiger partial charge in [-0.3, -0.25) is 4.90 Å². The second kappa shape index (κ2) is 10.6. The van der Waals surface area contributed by atoms with E-state index in [1.807, 2.05) is 0 Å². The zero-order valence-corrected chi connectivity index (χ0v) is 19.7. The first-order chi connectivity index (χ1) is 13.1. The number of anilines is 1. The molecule has 2 fully saturated rings. The molecule has 0 radical (unpaired) electrons. The van der Waals surface area contributed by atoms with E-state index >= 15 is 0 Å². The van der Waals surface area contributed by atoms with Crippen LogP contribution in [-0.2, 0) is 6.42 Å². The van der Waals surface area contributed by atoms with E-state index in [2.05, 4.69) is 23.6 Å². The minimum atomic E-state index is 0. The predicted molar refractivity (Wildman–Crippen MR) is 126 cm³/mol. The molecule has 3 N–H and O–H groups in total. The van der Waals surface area contributed by atoms with Crippen LogP contribution in [0.4, 0.5) is 5.82 Å². The lowest BCUT2D eigenvalue weighted by Crippen LogP contribution is -2.54. The number of hydrogen-bond donors (Lipinski definition) is 2. The molecule has 0 amide bonds. The Labute approximate surface area is 189 Å². The number of fused-ring (bicyclic) bond motifs is 1. The highest BCUT2D eigenvalue weighted by molar-refractivity contribution is 7.18. The molecule has 1 aliphatic carbocycles. The summed E-state index contributed by atoms with van der Waals surface area (Å²) in [6, 6.07) is 0.396. The van der Waals surface area contributed by atoms with Gasteiger partial charge in [0, 0.05) is 50.1 Å². The number of aliphatic hydroxyl groups excluding tert-OH is 1. The molecule has 2 aliphatic rings. The topological polar surface area (TPSA) is 78.5 Å². The molecule has 4 rings (SSSR count). The monoisotopic (exact) mass is 461 g/mol. The van der Waals surface area contributed by atoms with Crippen molar-refractivity contribution in [1.82, 2.24) is 14.9 Å². The maximum Gasteiger partial charge on any atom is 0.141 e. The first-order valence-electron chi connectivity index (χ1n) is 10.2. The molecule has 9 heteroatoms. The number of hydrogen-bond acceptors (Lipinski definition) is 7. The number of aromatic nitrogens is 2. The van der Waals surface area contributed by atoms with Crippen LogP contribution in [0.1, 0.15) is 35.5 Å². The van der Waals surface area contributed by atoms with Crippen molar-refractivity contribution in [3.8, 4) is 0 Å². The smallest absolute Gasteiger partial charge is 0.141 e. The van der Waals surface area contributed by atoms with Gasteiger partial charge in [0.25, 0.3) is 0 Å². The molecule has 0 bridgehead atoms. The maximum atomic E-state index is 9.59. The van der Waals surface area contributed by atoms with Crippen LogP contribution in [-0.4, -0.2) is 65.3 Å². The van der Waals surface area contributed by atoms with Crippen molar-refractivity contribution in [2.24, 2.45) is 11.7 Å². The Morgan fingerprint density at radius 2 is 1.93 bits per heavy atom. The van der Waals surface area contributed by atoms with Crippen molar-refractivity contribution < 1.29 is 5.11 Å². The Balaban J connectivity index is 0.00000150. The van der Waals surface area contributed by atoms with Crippen LogP contribution in [0, 0.1) is 19.8 Å². The van der Waals surface area contributed by atoms with Crippen LogP contribution >= 0.6 is 36.2 Å². The van der Waals surface area contributed by atoms with Crippen molar-refractivity contribution in [3.05, 3.63) is 16.3 Å². The van der Waals surface area contributed by atoms with E-state index < -0.39 is 0 Å². The summed E-state index contributed by atoms with van der Waals surface area (Å²) in [5.41, 5.74) is 7.07. The van der Waals surface area contributed by atoms with E-state index in [-0.39, 0.29) is 31.4 Å². The minimum absolute atomic E-state index is 0. The highest BCUT2D eigenvalue weighted by Gasteiger charge is 2.33. The summed E-state index contributed by atoms with van der Waals surface area (Å²) in [7, 11) is 0. The predicted octanol–water partition coefficient (Wildman–Crippen LogP) is 2.94. The lowest BCUT2D eigenvalue weighted by atomic mass is 10.1. The fourth-order valence-corrected chi connectivity index (χ4v) is 5.16. The Hall–Kier alpha value is -0.700. The van der Waals surface area contributed by atoms with Crippen LogP contribution in [0.15, 0.2) is 0 Å². The molecular weight excluding hydrogens is 429 g/mol. The van der Waals surface area contributed by atoms with Crippen molar-refractivity contribution in [3.63, 3.8) is 0 Å². The maximum absolute atomic E-state index is 9.59. The van der Waals surface area contributed by atoms with Gasteiger partial charge in [-0.25, -0.2) is 9.97 Å². The van der Waals surface area contributed by atoms with Gasteiger partial charge >= 0.3 is 0 Å². The first kappa shape index (κ1) is 24.6. The van der Waals surface area contributed by atoms with E-state index in [9.17, 15) is 5.11 Å². The Morgan fingerprint density at radius 1 is 1.17 bits per heavy atom. The summed E-state index contributed by atoms with van der Waals surface area (Å²) in [4.78, 5) is 17.1. The highest BCUT2D eigenvalue weighted by Crippen LogP contribution is 2.37. The fourth-order valence-electron chi connectivity index (χ4n) is 4.12. The van der Waals surface area contributed by atoms with E-state index in [0.717, 1.165) is 48.4 Å². The van der Waals surface area contributed by atoms with Gasteiger partial charge in [-0.05, 0) is 51.1 Å². The van der Waals surface area contributed by atoms with E-state index in [1.54, 1.807) is 11.3 Å². The zero-order chi connectivity index (χ0) is 19.0. The molecule has 29 heavy (non-hydrogen) atoms. The third-order valence-electron chi connectivity index (χ3n) is 5.98. The molecule has 164 valence electrons. The van der Waals surface area contributed by atoms with E-state index in [4.69, 9.17) is 15.7 Å². The quantitative estimate of drug-likeness (QED) is 0.659. The number of piperazine rings is 1. The lowest BCUT2D eigenvalue weighted by Gasteiger charge is -2.42. The highest BCUT2D eigenvalue weighted by atomic mass is 35.5. The summed E-state index contributed by atoms with van der Waals surface area (Å²) in [5.74, 6) is 2.79. The van der Waals surface area contributed by atoms with Gasteiger partial charge in [0.15, 0.2) is 0 Å². The Bertz CT molecular complexity index is 814. The van der Waals surface area contributed by atoms with Crippen LogP contribution < -0.4 is 10.6 Å². The van der Waals surface area contributed by atoms with Crippen molar-refractivity contribution in [2.45, 2.75) is 45.6 Å². The molecule has 1 saturated carbocycles. The molecule has 0 aromatic carbocycles. The largest absolute Gasteiger partial charge is 0.396 e. The SMILES string of the molecule is Cc1sc2nc(CCN)nc(N3CCN(CC4CC4)C(CCO)C3)c2c1C.Cl.Cl. The fraction of sp³-hybridized carbons (Fsp3) is 0.700. The average Bonchev–Trinajstić information content (AvgIpc) is 3.42. The van der Waals surface area contributed by atoms with Gasteiger partial charge in [-0.15, -0.1) is 36.2 Å². The van der Waals surface area contributed by atoms with Crippen molar-refractivity contribution in [2.75, 3.05) is 44.2 Å². The van der Waals surface area contributed by atoms with Gasteiger partial charge in [0.2, 0.25) is 0 Å². The molecule has 1 saturated heterocycles. The number of aliphatic hydroxyl groups is 1. The lowest BCUT2D eigenvalue weighted by molar-refractivity contribution is 0.137. The third kappa shape index (κ3) is 5.32. The standard InChI is InChI=1S/C20H31N5OS.2ClH/c1-13-14(2)27-20-18(13)19(22-17(23-20)5-7-21)25-9-8-24(11-15-3-4-15)16(12-25)6-10-26;;/h15-16,26H,3-12,21H2,1-2H3;2*1H. The number of nitrogens with zero attached hydrogens (tertiary/aromatic N) is 4. The van der Waals surface area contributed by atoms with Gasteiger partial charge in [0.1, 0.15) is 16.5 Å². The Morgan fingerprint density at radius 3 is 2.59 bits per heavy atom. The molecule has 1 aliphatic heterocycles. The van der Waals surface area contributed by atoms with Gasteiger partial charge < -0.3 is 15.7 Å². The minimum Gasteiger partial charge on any atom is -0.396 e. The first-order valence-corrected chi connectivity index (χ1v) is 11.0. The summed E-state index contributed by atoms with van der Waals surface area (Å²) in [6.07, 6.45) is 4.28. The number of halogens is 2. The van der Waals surface area contributed by atoms with Crippen molar-refractivity contribution >= 4 is 52.2 Å². The van der Waals surface area contributed by atoms with Crippen molar-refractivity contribution in [1.29, 1.82) is 0 Å². The summed E-state index contributed by atoms with van der Waals surface area (Å²) in [6.45, 7) is 9.29.